The molecule has 0 aliphatic carbocycles. The molecule has 1 unspecified atom stereocenters. The number of hydrogen-bond acceptors (Lipinski definition) is 2. The van der Waals surface area contributed by atoms with Crippen LogP contribution in [0.1, 0.15) is 24.1 Å². The molecule has 0 aliphatic heterocycles. The molecule has 1 heterocycles. The Hall–Kier alpha value is -1.84. The number of aliphatic carboxylic acids is 1. The van der Waals surface area contributed by atoms with Gasteiger partial charge in [0.25, 0.3) is 0 Å². The molecule has 4 heteroatoms. The first-order valence-electron chi connectivity index (χ1n) is 5.17. The number of nitrogens with zero attached hydrogens (tertiary/aromatic N) is 2. The summed E-state index contributed by atoms with van der Waals surface area (Å²) in [4.78, 5) is 11.0. The standard InChI is InChI=1S/C12H14N2O2/c1-7(12(15)16)9-5-4-6-10-8(2)14(3)13-11(9)10/h4-7H,1-3H3,(H,15,16). The fourth-order valence-electron chi connectivity index (χ4n) is 1.85. The summed E-state index contributed by atoms with van der Waals surface area (Å²) in [7, 11) is 1.87. The first-order valence-corrected chi connectivity index (χ1v) is 5.17. The zero-order valence-electron chi connectivity index (χ0n) is 9.56. The van der Waals surface area contributed by atoms with Crippen molar-refractivity contribution < 1.29 is 9.90 Å². The zero-order chi connectivity index (χ0) is 11.9. The molecule has 0 radical (unpaired) electrons. The van der Waals surface area contributed by atoms with Crippen molar-refractivity contribution in [2.75, 3.05) is 0 Å². The number of carbonyl (C=O) groups is 1. The quantitative estimate of drug-likeness (QED) is 0.839. The molecule has 84 valence electrons. The Kier molecular flexibility index (Phi) is 2.42. The number of rotatable bonds is 2. The molecule has 0 saturated heterocycles. The minimum absolute atomic E-state index is 0.530. The fourth-order valence-corrected chi connectivity index (χ4v) is 1.85. The second kappa shape index (κ2) is 3.63. The second-order valence-corrected chi connectivity index (χ2v) is 4.01. The van der Waals surface area contributed by atoms with Crippen molar-refractivity contribution in [1.82, 2.24) is 9.78 Å². The summed E-state index contributed by atoms with van der Waals surface area (Å²) in [6.07, 6.45) is 0. The Bertz CT molecular complexity index is 557. The number of aromatic nitrogens is 2. The summed E-state index contributed by atoms with van der Waals surface area (Å²) in [6, 6.07) is 5.68. The molecule has 16 heavy (non-hydrogen) atoms. The lowest BCUT2D eigenvalue weighted by molar-refractivity contribution is -0.138. The molecule has 1 N–H and O–H groups in total. The van der Waals surface area contributed by atoms with Crippen molar-refractivity contribution >= 4 is 16.9 Å². The van der Waals surface area contributed by atoms with Crippen LogP contribution in [-0.2, 0) is 11.8 Å². The summed E-state index contributed by atoms with van der Waals surface area (Å²) in [5.41, 5.74) is 2.61. The Morgan fingerprint density at radius 3 is 2.81 bits per heavy atom. The number of carboxylic acids is 1. The van der Waals surface area contributed by atoms with E-state index in [1.807, 2.05) is 32.2 Å². The van der Waals surface area contributed by atoms with Gasteiger partial charge in [-0.15, -0.1) is 0 Å². The van der Waals surface area contributed by atoms with E-state index in [0.717, 1.165) is 22.2 Å². The summed E-state index contributed by atoms with van der Waals surface area (Å²) in [5, 5.41) is 14.4. The summed E-state index contributed by atoms with van der Waals surface area (Å²) in [6.45, 7) is 3.66. The third-order valence-corrected chi connectivity index (χ3v) is 3.03. The number of hydrogen-bond donors (Lipinski definition) is 1. The van der Waals surface area contributed by atoms with Gasteiger partial charge in [0.2, 0.25) is 0 Å². The summed E-state index contributed by atoms with van der Waals surface area (Å²) in [5.74, 6) is -1.35. The van der Waals surface area contributed by atoms with Crippen LogP contribution in [0.4, 0.5) is 0 Å². The molecule has 0 saturated carbocycles. The van der Waals surface area contributed by atoms with Crippen LogP contribution in [0, 0.1) is 6.92 Å². The molecule has 0 aliphatic rings. The minimum Gasteiger partial charge on any atom is -0.481 e. The molecule has 0 spiro atoms. The van der Waals surface area contributed by atoms with Gasteiger partial charge in [-0.1, -0.05) is 18.2 Å². The van der Waals surface area contributed by atoms with Gasteiger partial charge in [0.1, 0.15) is 0 Å². The van der Waals surface area contributed by atoms with Gasteiger partial charge in [0.15, 0.2) is 0 Å². The molecule has 1 atom stereocenters. The van der Waals surface area contributed by atoms with Crippen LogP contribution in [0.25, 0.3) is 10.9 Å². The van der Waals surface area contributed by atoms with Crippen molar-refractivity contribution in [1.29, 1.82) is 0 Å². The summed E-state index contributed by atoms with van der Waals surface area (Å²) >= 11 is 0. The Balaban J connectivity index is 2.71. The normalized spacial score (nSPS) is 12.9. The Morgan fingerprint density at radius 2 is 2.19 bits per heavy atom. The maximum Gasteiger partial charge on any atom is 0.310 e. The predicted molar refractivity (Wildman–Crippen MR) is 61.5 cm³/mol. The van der Waals surface area contributed by atoms with E-state index in [1.54, 1.807) is 11.6 Å². The third kappa shape index (κ3) is 1.46. The van der Waals surface area contributed by atoms with E-state index in [-0.39, 0.29) is 0 Å². The number of carboxylic acid groups (broad SMARTS) is 1. The molecule has 0 bridgehead atoms. The highest BCUT2D eigenvalue weighted by Crippen LogP contribution is 2.26. The van der Waals surface area contributed by atoms with Gasteiger partial charge in [-0.25, -0.2) is 0 Å². The van der Waals surface area contributed by atoms with Crippen molar-refractivity contribution in [2.24, 2.45) is 7.05 Å². The predicted octanol–water partition coefficient (Wildman–Crippen LogP) is 2.07. The first kappa shape index (κ1) is 10.7. The number of aryl methyl sites for hydroxylation is 2. The van der Waals surface area contributed by atoms with E-state index in [9.17, 15) is 4.79 Å². The van der Waals surface area contributed by atoms with Gasteiger partial charge in [-0.3, -0.25) is 9.48 Å². The molecule has 4 nitrogen and oxygen atoms in total. The maximum absolute atomic E-state index is 11.0. The van der Waals surface area contributed by atoms with Crippen LogP contribution >= 0.6 is 0 Å². The average molecular weight is 218 g/mol. The van der Waals surface area contributed by atoms with Gasteiger partial charge < -0.3 is 5.11 Å². The smallest absolute Gasteiger partial charge is 0.310 e. The van der Waals surface area contributed by atoms with E-state index in [0.29, 0.717) is 0 Å². The van der Waals surface area contributed by atoms with Crippen LogP contribution in [0.15, 0.2) is 18.2 Å². The van der Waals surface area contributed by atoms with Crippen molar-refractivity contribution in [3.8, 4) is 0 Å². The highest BCUT2D eigenvalue weighted by molar-refractivity contribution is 5.89. The van der Waals surface area contributed by atoms with Crippen LogP contribution in [0.2, 0.25) is 0 Å². The van der Waals surface area contributed by atoms with Crippen LogP contribution in [-0.4, -0.2) is 20.9 Å². The fraction of sp³-hybridized carbons (Fsp3) is 0.333. The zero-order valence-corrected chi connectivity index (χ0v) is 9.56. The minimum atomic E-state index is -0.823. The van der Waals surface area contributed by atoms with E-state index < -0.39 is 11.9 Å². The van der Waals surface area contributed by atoms with Gasteiger partial charge in [-0.2, -0.15) is 5.10 Å². The average Bonchev–Trinajstić information content (AvgIpc) is 2.54. The van der Waals surface area contributed by atoms with Gasteiger partial charge >= 0.3 is 5.97 Å². The SMILES string of the molecule is Cc1c2cccc(C(C)C(=O)O)c2nn1C. The molecule has 0 amide bonds. The van der Waals surface area contributed by atoms with Crippen molar-refractivity contribution in [3.05, 3.63) is 29.5 Å². The highest BCUT2D eigenvalue weighted by atomic mass is 16.4. The van der Waals surface area contributed by atoms with E-state index in [2.05, 4.69) is 5.10 Å². The molecule has 0 fully saturated rings. The lowest BCUT2D eigenvalue weighted by Gasteiger charge is -2.06. The van der Waals surface area contributed by atoms with Crippen molar-refractivity contribution in [3.63, 3.8) is 0 Å². The van der Waals surface area contributed by atoms with E-state index in [4.69, 9.17) is 5.11 Å². The summed E-state index contributed by atoms with van der Waals surface area (Å²) < 4.78 is 1.78. The monoisotopic (exact) mass is 218 g/mol. The van der Waals surface area contributed by atoms with E-state index in [1.165, 1.54) is 0 Å². The Labute approximate surface area is 93.5 Å². The van der Waals surface area contributed by atoms with Gasteiger partial charge in [-0.05, 0) is 19.4 Å². The van der Waals surface area contributed by atoms with Crippen molar-refractivity contribution in [2.45, 2.75) is 19.8 Å². The Morgan fingerprint density at radius 1 is 1.50 bits per heavy atom. The lowest BCUT2D eigenvalue weighted by Crippen LogP contribution is -2.07. The largest absolute Gasteiger partial charge is 0.481 e. The highest BCUT2D eigenvalue weighted by Gasteiger charge is 2.18. The molecular weight excluding hydrogens is 204 g/mol. The molecule has 2 rings (SSSR count). The topological polar surface area (TPSA) is 55.1 Å². The van der Waals surface area contributed by atoms with E-state index >= 15 is 0 Å². The van der Waals surface area contributed by atoms with Crippen LogP contribution in [0.3, 0.4) is 0 Å². The van der Waals surface area contributed by atoms with Crippen LogP contribution < -0.4 is 0 Å². The number of benzene rings is 1. The van der Waals surface area contributed by atoms with Gasteiger partial charge in [0, 0.05) is 18.1 Å². The van der Waals surface area contributed by atoms with Crippen LogP contribution in [0.5, 0.6) is 0 Å². The molecule has 1 aromatic heterocycles. The van der Waals surface area contributed by atoms with Gasteiger partial charge in [0.05, 0.1) is 11.4 Å². The first-order chi connectivity index (χ1) is 7.52. The number of fused-ring (bicyclic) bond motifs is 1. The molecule has 2 aromatic rings. The molecule has 1 aromatic carbocycles. The second-order valence-electron chi connectivity index (χ2n) is 4.01. The lowest BCUT2D eigenvalue weighted by atomic mass is 9.98. The maximum atomic E-state index is 11.0. The third-order valence-electron chi connectivity index (χ3n) is 3.03. The molecular formula is C12H14N2O2.